The van der Waals surface area contributed by atoms with Gasteiger partial charge in [-0.15, -0.1) is 11.3 Å². The third-order valence-electron chi connectivity index (χ3n) is 7.44. The summed E-state index contributed by atoms with van der Waals surface area (Å²) in [4.78, 5) is 46.5. The lowest BCUT2D eigenvalue weighted by molar-refractivity contribution is -0.105. The van der Waals surface area contributed by atoms with Crippen LogP contribution >= 0.6 is 11.3 Å². The van der Waals surface area contributed by atoms with Crippen molar-refractivity contribution >= 4 is 33.7 Å². The van der Waals surface area contributed by atoms with Gasteiger partial charge in [-0.05, 0) is 61.6 Å². The number of nitrogens with zero attached hydrogens (tertiary/aromatic N) is 4. The molecule has 3 aromatic heterocycles. The number of benzene rings is 2. The van der Waals surface area contributed by atoms with Crippen LogP contribution in [0.5, 0.6) is 5.75 Å². The van der Waals surface area contributed by atoms with Gasteiger partial charge >= 0.3 is 5.69 Å². The maximum absolute atomic E-state index is 14.9. The number of pyridine rings is 1. The van der Waals surface area contributed by atoms with Crippen molar-refractivity contribution in [3.63, 3.8) is 0 Å². The zero-order chi connectivity index (χ0) is 31.7. The summed E-state index contributed by atoms with van der Waals surface area (Å²) in [6, 6.07) is 13.7. The molecule has 13 heteroatoms. The summed E-state index contributed by atoms with van der Waals surface area (Å²) < 4.78 is 42.9. The van der Waals surface area contributed by atoms with Gasteiger partial charge in [-0.25, -0.2) is 23.1 Å². The lowest BCUT2D eigenvalue weighted by Gasteiger charge is -2.25. The molecule has 1 aliphatic rings. The van der Waals surface area contributed by atoms with Crippen LogP contribution in [0.15, 0.2) is 70.4 Å². The molecule has 5 aromatic rings. The number of aromatic nitrogens is 3. The second-order valence-electron chi connectivity index (χ2n) is 10.9. The normalized spacial score (nSPS) is 13.3. The van der Waals surface area contributed by atoms with Gasteiger partial charge in [0.25, 0.3) is 5.56 Å². The fourth-order valence-corrected chi connectivity index (χ4v) is 6.43. The van der Waals surface area contributed by atoms with E-state index < -0.39 is 29.4 Å². The van der Waals surface area contributed by atoms with Crippen LogP contribution in [0, 0.1) is 17.6 Å². The minimum Gasteiger partial charge on any atom is -0.492 e. The summed E-state index contributed by atoms with van der Waals surface area (Å²) in [6.45, 7) is 1.58. The Morgan fingerprint density at radius 2 is 1.80 bits per heavy atom. The first-order chi connectivity index (χ1) is 21.7. The van der Waals surface area contributed by atoms with E-state index in [9.17, 15) is 23.2 Å². The molecule has 45 heavy (non-hydrogen) atoms. The number of halogens is 2. The van der Waals surface area contributed by atoms with E-state index in [0.29, 0.717) is 60.6 Å². The molecule has 1 fully saturated rings. The number of rotatable bonds is 11. The number of nitrogens with one attached hydrogen (secondary N) is 1. The molecule has 1 saturated heterocycles. The lowest BCUT2D eigenvalue weighted by Crippen LogP contribution is -2.39. The fourth-order valence-electron chi connectivity index (χ4n) is 5.12. The molecular formula is C32H29F2N5O5S. The minimum atomic E-state index is -0.812. The van der Waals surface area contributed by atoms with Gasteiger partial charge in [-0.1, -0.05) is 18.2 Å². The third-order valence-corrected chi connectivity index (χ3v) is 8.74. The van der Waals surface area contributed by atoms with E-state index in [-0.39, 0.29) is 21.6 Å². The van der Waals surface area contributed by atoms with E-state index in [1.165, 1.54) is 34.2 Å². The molecule has 0 radical (unpaired) electrons. The number of carbonyl (C=O) groups excluding carboxylic acids is 1. The van der Waals surface area contributed by atoms with E-state index in [4.69, 9.17) is 9.47 Å². The SMILES string of the molecule is CN(C)Cc1c(-c2ccc(NC=O)cc2)sc2c1c(=O)n(-c1ccc(OCC3COC3)cn1)c(=O)n2Cc1c(F)cccc1F. The summed E-state index contributed by atoms with van der Waals surface area (Å²) in [5.74, 6) is -0.823. The van der Waals surface area contributed by atoms with Crippen LogP contribution in [0.2, 0.25) is 0 Å². The number of ether oxygens (including phenoxy) is 2. The van der Waals surface area contributed by atoms with Crippen molar-refractivity contribution in [2.45, 2.75) is 13.1 Å². The number of hydrogen-bond acceptors (Lipinski definition) is 8. The molecule has 232 valence electrons. The van der Waals surface area contributed by atoms with Gasteiger partial charge in [-0.3, -0.25) is 14.2 Å². The van der Waals surface area contributed by atoms with Crippen molar-refractivity contribution < 1.29 is 23.0 Å². The molecule has 0 atom stereocenters. The Bertz CT molecular complexity index is 1960. The summed E-state index contributed by atoms with van der Waals surface area (Å²) in [5, 5.41) is 2.83. The zero-order valence-corrected chi connectivity index (χ0v) is 25.3. The second kappa shape index (κ2) is 12.7. The highest BCUT2D eigenvalue weighted by molar-refractivity contribution is 7.22. The standard InChI is InChI=1S/C32H29F2N5O5S/c1-37(2)13-24-28-30(41)39(27-11-10-22(12-35-27)44-17-19-15-43-16-19)32(42)38(14-23-25(33)4-3-5-26(23)34)31(28)45-29(24)20-6-8-21(9-7-20)36-18-40/h3-12,18-19H,13-17H2,1-2H3,(H,36,40). The first-order valence-corrected chi connectivity index (χ1v) is 14.9. The maximum atomic E-state index is 14.9. The quantitative estimate of drug-likeness (QED) is 0.217. The van der Waals surface area contributed by atoms with Gasteiger partial charge in [0.05, 0.1) is 37.9 Å². The van der Waals surface area contributed by atoms with Gasteiger partial charge < -0.3 is 19.7 Å². The molecule has 0 unspecified atom stereocenters. The van der Waals surface area contributed by atoms with E-state index in [0.717, 1.165) is 22.3 Å². The number of thiophene rings is 1. The first kappa shape index (κ1) is 30.3. The topological polar surface area (TPSA) is 108 Å². The Labute approximate surface area is 260 Å². The third kappa shape index (κ3) is 6.01. The maximum Gasteiger partial charge on any atom is 0.338 e. The van der Waals surface area contributed by atoms with Crippen molar-refractivity contribution in [1.29, 1.82) is 0 Å². The molecule has 0 aliphatic carbocycles. The Balaban J connectivity index is 1.56. The van der Waals surface area contributed by atoms with Gasteiger partial charge in [0.1, 0.15) is 28.0 Å². The van der Waals surface area contributed by atoms with Crippen molar-refractivity contribution in [2.24, 2.45) is 5.92 Å². The minimum absolute atomic E-state index is 0.0434. The molecule has 0 bridgehead atoms. The molecule has 0 saturated carbocycles. The number of anilines is 1. The van der Waals surface area contributed by atoms with E-state index in [1.807, 2.05) is 19.0 Å². The molecule has 4 heterocycles. The highest BCUT2D eigenvalue weighted by Crippen LogP contribution is 2.38. The average molecular weight is 634 g/mol. The van der Waals surface area contributed by atoms with Crippen LogP contribution in [-0.4, -0.2) is 59.3 Å². The predicted octanol–water partition coefficient (Wildman–Crippen LogP) is 4.26. The molecule has 1 amide bonds. The number of fused-ring (bicyclic) bond motifs is 1. The van der Waals surface area contributed by atoms with Gasteiger partial charge in [-0.2, -0.15) is 0 Å². The van der Waals surface area contributed by atoms with E-state index in [2.05, 4.69) is 10.3 Å². The molecule has 0 spiro atoms. The zero-order valence-electron chi connectivity index (χ0n) is 24.5. The number of carbonyl (C=O) groups is 1. The Hall–Kier alpha value is -4.72. The van der Waals surface area contributed by atoms with Crippen LogP contribution in [0.25, 0.3) is 26.5 Å². The van der Waals surface area contributed by atoms with Crippen LogP contribution in [0.1, 0.15) is 11.1 Å². The van der Waals surface area contributed by atoms with Crippen LogP contribution < -0.4 is 21.3 Å². The first-order valence-electron chi connectivity index (χ1n) is 14.1. The molecule has 2 aromatic carbocycles. The summed E-state index contributed by atoms with van der Waals surface area (Å²) >= 11 is 1.18. The summed E-state index contributed by atoms with van der Waals surface area (Å²) in [7, 11) is 3.70. The van der Waals surface area contributed by atoms with Gasteiger partial charge in [0.15, 0.2) is 0 Å². The Morgan fingerprint density at radius 3 is 2.40 bits per heavy atom. The predicted molar refractivity (Wildman–Crippen MR) is 167 cm³/mol. The second-order valence-corrected chi connectivity index (χ2v) is 11.9. The molecular weight excluding hydrogens is 604 g/mol. The number of hydrogen-bond donors (Lipinski definition) is 1. The van der Waals surface area contributed by atoms with Gasteiger partial charge in [0.2, 0.25) is 6.41 Å². The van der Waals surface area contributed by atoms with Gasteiger partial charge in [0, 0.05) is 28.6 Å². The average Bonchev–Trinajstić information content (AvgIpc) is 3.35. The van der Waals surface area contributed by atoms with Crippen LogP contribution in [-0.2, 0) is 22.6 Å². The molecule has 6 rings (SSSR count). The Kier molecular flexibility index (Phi) is 8.57. The smallest absolute Gasteiger partial charge is 0.338 e. The van der Waals surface area contributed by atoms with Crippen molar-refractivity contribution in [3.8, 4) is 22.0 Å². The van der Waals surface area contributed by atoms with Crippen molar-refractivity contribution in [3.05, 3.63) is 104 Å². The Morgan fingerprint density at radius 1 is 1.07 bits per heavy atom. The van der Waals surface area contributed by atoms with E-state index in [1.54, 1.807) is 30.3 Å². The summed E-state index contributed by atoms with van der Waals surface area (Å²) in [6.07, 6.45) is 2.01. The monoisotopic (exact) mass is 633 g/mol. The number of amides is 1. The molecule has 1 N–H and O–H groups in total. The van der Waals surface area contributed by atoms with Crippen molar-refractivity contribution in [2.75, 3.05) is 39.2 Å². The lowest BCUT2D eigenvalue weighted by atomic mass is 10.1. The van der Waals surface area contributed by atoms with Crippen LogP contribution in [0.4, 0.5) is 14.5 Å². The van der Waals surface area contributed by atoms with Crippen LogP contribution in [0.3, 0.4) is 0 Å². The highest BCUT2D eigenvalue weighted by Gasteiger charge is 2.26. The molecule has 10 nitrogen and oxygen atoms in total. The fraction of sp³-hybridized carbons (Fsp3) is 0.250. The summed E-state index contributed by atoms with van der Waals surface area (Å²) in [5.41, 5.74) is 0.251. The highest BCUT2D eigenvalue weighted by atomic mass is 32.1. The molecule has 1 aliphatic heterocycles. The van der Waals surface area contributed by atoms with Crippen molar-refractivity contribution in [1.82, 2.24) is 19.0 Å². The van der Waals surface area contributed by atoms with E-state index >= 15 is 0 Å². The largest absolute Gasteiger partial charge is 0.492 e.